The molecule has 0 bridgehead atoms. The van der Waals surface area contributed by atoms with Crippen molar-refractivity contribution in [3.63, 3.8) is 0 Å². The van der Waals surface area contributed by atoms with Crippen molar-refractivity contribution in [3.05, 3.63) is 54.2 Å². The van der Waals surface area contributed by atoms with E-state index >= 15 is 4.39 Å². The Morgan fingerprint density at radius 2 is 1.74 bits per heavy atom. The van der Waals surface area contributed by atoms with E-state index in [1.807, 2.05) is 17.0 Å². The van der Waals surface area contributed by atoms with Crippen LogP contribution in [0.1, 0.15) is 30.9 Å². The van der Waals surface area contributed by atoms with Crippen molar-refractivity contribution in [1.82, 2.24) is 24.7 Å². The van der Waals surface area contributed by atoms with Crippen molar-refractivity contribution in [2.24, 2.45) is 0 Å². The van der Waals surface area contributed by atoms with Crippen molar-refractivity contribution < 1.29 is 19.0 Å². The lowest BCUT2D eigenvalue weighted by Crippen LogP contribution is -2.45. The Labute approximate surface area is 253 Å². The molecule has 4 heterocycles. The highest BCUT2D eigenvalue weighted by molar-refractivity contribution is 5.82. The number of aliphatic hydroxyl groups excluding tert-OH is 1. The van der Waals surface area contributed by atoms with Crippen LogP contribution in [-0.4, -0.2) is 122 Å². The molecule has 3 fully saturated rings. The van der Waals surface area contributed by atoms with Gasteiger partial charge >= 0.3 is 0 Å². The first-order chi connectivity index (χ1) is 21.0. The van der Waals surface area contributed by atoms with E-state index in [0.717, 1.165) is 101 Å². The van der Waals surface area contributed by atoms with E-state index in [1.54, 1.807) is 12.4 Å². The molecule has 1 atom stereocenters. The number of likely N-dealkylation sites (N-methyl/N-ethyl adjacent to an activating group) is 1. The predicted octanol–water partition coefficient (Wildman–Crippen LogP) is 3.19. The first-order valence-electron chi connectivity index (χ1n) is 15.6. The zero-order valence-electron chi connectivity index (χ0n) is 25.1. The molecular formula is C32H44FN7O3. The number of hydrogen-bond acceptors (Lipinski definition) is 10. The second-order valence-electron chi connectivity index (χ2n) is 11.9. The molecular weight excluding hydrogens is 549 g/mol. The third kappa shape index (κ3) is 7.53. The Kier molecular flexibility index (Phi) is 9.84. The third-order valence-corrected chi connectivity index (χ3v) is 8.99. The van der Waals surface area contributed by atoms with Crippen LogP contribution in [0.2, 0.25) is 0 Å². The number of benzene rings is 2. The Morgan fingerprint density at radius 1 is 1.00 bits per heavy atom. The van der Waals surface area contributed by atoms with Crippen LogP contribution >= 0.6 is 0 Å². The standard InChI is InChI=1S/C32H44FN7O3/c1-37-12-14-38(15-13-37)9-2-18-43-30-22-29-27(21-28(30)33)31(35-23-34-29)24-7-10-40(11-8-24)32(41)36-25-3-5-26(6-4-25)39-16-19-42-20-17-39/h3-6,21-24,32,36,41H,2,7-20H2,1H3. The molecule has 0 saturated carbocycles. The Balaban J connectivity index is 1.01. The summed E-state index contributed by atoms with van der Waals surface area (Å²) in [5.41, 5.74) is 3.61. The zero-order chi connectivity index (χ0) is 29.6. The summed E-state index contributed by atoms with van der Waals surface area (Å²) in [6, 6.07) is 11.4. The maximum Gasteiger partial charge on any atom is 0.184 e. The number of nitrogens with one attached hydrogen (secondary N) is 1. The molecule has 232 valence electrons. The molecule has 3 aromatic rings. The molecule has 1 unspecified atom stereocenters. The lowest BCUT2D eigenvalue weighted by molar-refractivity contribution is 0.00971. The molecule has 0 spiro atoms. The fourth-order valence-electron chi connectivity index (χ4n) is 6.30. The maximum atomic E-state index is 15.1. The number of morpholine rings is 1. The second-order valence-corrected chi connectivity index (χ2v) is 11.9. The van der Waals surface area contributed by atoms with E-state index in [2.05, 4.69) is 49.2 Å². The number of aliphatic hydroxyl groups is 1. The molecule has 0 amide bonds. The van der Waals surface area contributed by atoms with Gasteiger partial charge in [-0.1, -0.05) is 0 Å². The summed E-state index contributed by atoms with van der Waals surface area (Å²) in [6.07, 6.45) is 3.26. The Bertz CT molecular complexity index is 1320. The first kappa shape index (κ1) is 30.0. The Morgan fingerprint density at radius 3 is 2.49 bits per heavy atom. The van der Waals surface area contributed by atoms with Crippen LogP contribution in [0, 0.1) is 5.82 Å². The summed E-state index contributed by atoms with van der Waals surface area (Å²) in [5.74, 6) is 0.0360. The highest BCUT2D eigenvalue weighted by atomic mass is 19.1. The van der Waals surface area contributed by atoms with E-state index in [1.165, 1.54) is 6.07 Å². The van der Waals surface area contributed by atoms with Gasteiger partial charge in [-0.2, -0.15) is 0 Å². The largest absolute Gasteiger partial charge is 0.490 e. The van der Waals surface area contributed by atoms with Gasteiger partial charge in [0.25, 0.3) is 0 Å². The monoisotopic (exact) mass is 593 g/mol. The number of piperazine rings is 1. The SMILES string of the molecule is CN1CCN(CCCOc2cc3ncnc(C4CCN(C(O)Nc5ccc(N6CCOCC6)cc5)CC4)c3cc2F)CC1. The van der Waals surface area contributed by atoms with E-state index in [4.69, 9.17) is 9.47 Å². The summed E-state index contributed by atoms with van der Waals surface area (Å²) in [5, 5.41) is 14.9. The normalized spacial score (nSPS) is 20.4. The molecule has 0 radical (unpaired) electrons. The topological polar surface area (TPSA) is 89.5 Å². The molecule has 2 aromatic carbocycles. The molecule has 6 rings (SSSR count). The van der Waals surface area contributed by atoms with E-state index in [0.29, 0.717) is 25.2 Å². The van der Waals surface area contributed by atoms with Crippen LogP contribution in [0.3, 0.4) is 0 Å². The minimum absolute atomic E-state index is 0.163. The molecule has 0 aliphatic carbocycles. The lowest BCUT2D eigenvalue weighted by atomic mass is 9.91. The number of anilines is 2. The minimum atomic E-state index is -0.786. The highest BCUT2D eigenvalue weighted by Gasteiger charge is 2.27. The summed E-state index contributed by atoms with van der Waals surface area (Å²) < 4.78 is 26.4. The summed E-state index contributed by atoms with van der Waals surface area (Å²) in [7, 11) is 2.15. The number of piperidine rings is 1. The number of halogens is 1. The fourth-order valence-corrected chi connectivity index (χ4v) is 6.30. The van der Waals surface area contributed by atoms with Crippen LogP contribution in [0.15, 0.2) is 42.7 Å². The number of aromatic nitrogens is 2. The third-order valence-electron chi connectivity index (χ3n) is 8.99. The first-order valence-corrected chi connectivity index (χ1v) is 15.6. The van der Waals surface area contributed by atoms with Gasteiger partial charge in [0.1, 0.15) is 6.33 Å². The number of rotatable bonds is 10. The maximum absolute atomic E-state index is 15.1. The van der Waals surface area contributed by atoms with Crippen molar-refractivity contribution in [1.29, 1.82) is 0 Å². The van der Waals surface area contributed by atoms with Gasteiger partial charge in [0, 0.05) is 87.6 Å². The molecule has 43 heavy (non-hydrogen) atoms. The van der Waals surface area contributed by atoms with E-state index in [-0.39, 0.29) is 17.5 Å². The fraction of sp³-hybridized carbons (Fsp3) is 0.562. The van der Waals surface area contributed by atoms with Crippen LogP contribution in [-0.2, 0) is 4.74 Å². The summed E-state index contributed by atoms with van der Waals surface area (Å²) >= 11 is 0. The number of hydrogen-bond donors (Lipinski definition) is 2. The van der Waals surface area contributed by atoms with Crippen LogP contribution < -0.4 is 15.0 Å². The molecule has 2 N–H and O–H groups in total. The smallest absolute Gasteiger partial charge is 0.184 e. The molecule has 10 nitrogen and oxygen atoms in total. The predicted molar refractivity (Wildman–Crippen MR) is 166 cm³/mol. The minimum Gasteiger partial charge on any atom is -0.490 e. The van der Waals surface area contributed by atoms with Crippen molar-refractivity contribution in [3.8, 4) is 5.75 Å². The number of ether oxygens (including phenoxy) is 2. The van der Waals surface area contributed by atoms with Crippen LogP contribution in [0.4, 0.5) is 15.8 Å². The van der Waals surface area contributed by atoms with Gasteiger partial charge in [0.05, 0.1) is 31.0 Å². The second kappa shape index (κ2) is 14.1. The van der Waals surface area contributed by atoms with Crippen molar-refractivity contribution in [2.45, 2.75) is 31.5 Å². The van der Waals surface area contributed by atoms with Gasteiger partial charge in [0.15, 0.2) is 17.9 Å². The Hall–Kier alpha value is -3.09. The van der Waals surface area contributed by atoms with Gasteiger partial charge in [0.2, 0.25) is 0 Å². The zero-order valence-corrected chi connectivity index (χ0v) is 25.1. The number of likely N-dealkylation sites (tertiary alicyclic amines) is 1. The molecule has 3 aliphatic heterocycles. The average Bonchev–Trinajstić information content (AvgIpc) is 3.04. The average molecular weight is 594 g/mol. The molecule has 3 saturated heterocycles. The van der Waals surface area contributed by atoms with E-state index in [9.17, 15) is 5.11 Å². The quantitative estimate of drug-likeness (QED) is 0.270. The van der Waals surface area contributed by atoms with Crippen molar-refractivity contribution >= 4 is 22.3 Å². The van der Waals surface area contributed by atoms with Gasteiger partial charge in [-0.25, -0.2) is 14.4 Å². The van der Waals surface area contributed by atoms with E-state index < -0.39 is 6.35 Å². The molecule has 11 heteroatoms. The highest BCUT2D eigenvalue weighted by Crippen LogP contribution is 2.34. The summed E-state index contributed by atoms with van der Waals surface area (Å²) in [4.78, 5) is 18.1. The molecule has 1 aromatic heterocycles. The van der Waals surface area contributed by atoms with Crippen LogP contribution in [0.25, 0.3) is 10.9 Å². The van der Waals surface area contributed by atoms with Gasteiger partial charge < -0.3 is 34.6 Å². The number of nitrogens with zero attached hydrogens (tertiary/aromatic N) is 6. The lowest BCUT2D eigenvalue weighted by Gasteiger charge is -2.35. The van der Waals surface area contributed by atoms with Crippen molar-refractivity contribution in [2.75, 3.05) is 96.0 Å². The molecule has 3 aliphatic rings. The summed E-state index contributed by atoms with van der Waals surface area (Å²) in [6.45, 7) is 10.4. The van der Waals surface area contributed by atoms with Crippen LogP contribution in [0.5, 0.6) is 5.75 Å². The van der Waals surface area contributed by atoms with Gasteiger partial charge in [-0.3, -0.25) is 4.90 Å². The van der Waals surface area contributed by atoms with Gasteiger partial charge in [-0.15, -0.1) is 0 Å². The van der Waals surface area contributed by atoms with Gasteiger partial charge in [-0.05, 0) is 56.6 Å². The number of fused-ring (bicyclic) bond motifs is 1.